The summed E-state index contributed by atoms with van der Waals surface area (Å²) in [5, 5.41) is 0.0226. The van der Waals surface area contributed by atoms with Gasteiger partial charge in [0.05, 0.1) is 7.11 Å². The summed E-state index contributed by atoms with van der Waals surface area (Å²) < 4.78 is 36.5. The number of carbonyl (C=O) groups is 1. The van der Waals surface area contributed by atoms with Gasteiger partial charge in [-0.1, -0.05) is 60.1 Å². The molecule has 5 nitrogen and oxygen atoms in total. The number of hydrogen-bond donors (Lipinski definition) is 1. The van der Waals surface area contributed by atoms with Crippen LogP contribution in [0.2, 0.25) is 5.02 Å². The van der Waals surface area contributed by atoms with Crippen molar-refractivity contribution >= 4 is 27.7 Å². The minimum Gasteiger partial charge on any atom is -0.467 e. The summed E-state index contributed by atoms with van der Waals surface area (Å²) in [6.07, 6.45) is 0. The van der Waals surface area contributed by atoms with E-state index in [4.69, 9.17) is 11.6 Å². The molecule has 0 radical (unpaired) electrons. The van der Waals surface area contributed by atoms with E-state index >= 15 is 0 Å². The molecule has 0 heterocycles. The van der Waals surface area contributed by atoms with Gasteiger partial charge in [0, 0.05) is 10.6 Å². The van der Waals surface area contributed by atoms with E-state index in [0.29, 0.717) is 0 Å². The van der Waals surface area contributed by atoms with E-state index < -0.39 is 20.8 Å². The fourth-order valence-electron chi connectivity index (χ4n) is 2.34. The van der Waals surface area contributed by atoms with Gasteiger partial charge in [-0.15, -0.1) is 0 Å². The van der Waals surface area contributed by atoms with Crippen LogP contribution in [0.15, 0.2) is 54.6 Å². The lowest BCUT2D eigenvalue weighted by Crippen LogP contribution is -2.45. The van der Waals surface area contributed by atoms with E-state index in [-0.39, 0.29) is 16.1 Å². The van der Waals surface area contributed by atoms with Gasteiger partial charge in [0.2, 0.25) is 4.75 Å². The van der Waals surface area contributed by atoms with E-state index in [0.717, 1.165) is 7.11 Å². The standard InChI is InChI=1S/C15H13ClO5S/c1-21-14(17)15(22(18,19)20,11-7-3-2-4-8-11)12-9-5-6-10-13(12)16/h2-10H,1H3,(H,18,19,20)/t15-/m1/s1. The summed E-state index contributed by atoms with van der Waals surface area (Å²) in [5.74, 6) is -1.14. The summed E-state index contributed by atoms with van der Waals surface area (Å²) in [6, 6.07) is 13.5. The molecule has 1 atom stereocenters. The van der Waals surface area contributed by atoms with Crippen molar-refractivity contribution in [2.45, 2.75) is 4.75 Å². The van der Waals surface area contributed by atoms with E-state index in [9.17, 15) is 17.8 Å². The number of esters is 1. The molecule has 0 aromatic heterocycles. The lowest BCUT2D eigenvalue weighted by Gasteiger charge is -2.29. The average Bonchev–Trinajstić information content (AvgIpc) is 2.49. The van der Waals surface area contributed by atoms with Crippen molar-refractivity contribution in [3.8, 4) is 0 Å². The van der Waals surface area contributed by atoms with Crippen molar-refractivity contribution in [2.75, 3.05) is 7.11 Å². The molecule has 0 aliphatic carbocycles. The molecule has 0 aliphatic rings. The van der Waals surface area contributed by atoms with Gasteiger partial charge in [0.1, 0.15) is 0 Å². The SMILES string of the molecule is COC(=O)[C@@](c1ccccc1)(c1ccccc1Cl)S(=O)(=O)O. The number of ether oxygens (including phenoxy) is 1. The molecule has 2 aromatic carbocycles. The second-order valence-corrected chi connectivity index (χ2v) is 6.46. The van der Waals surface area contributed by atoms with Crippen LogP contribution in [0.4, 0.5) is 0 Å². The molecule has 2 aromatic rings. The molecular weight excluding hydrogens is 328 g/mol. The van der Waals surface area contributed by atoms with Crippen LogP contribution in [0, 0.1) is 0 Å². The zero-order valence-electron chi connectivity index (χ0n) is 11.6. The number of halogens is 1. The summed E-state index contributed by atoms with van der Waals surface area (Å²) in [7, 11) is -3.88. The van der Waals surface area contributed by atoms with Gasteiger partial charge in [0.15, 0.2) is 0 Å². The molecule has 0 saturated heterocycles. The molecule has 22 heavy (non-hydrogen) atoms. The third-order valence-electron chi connectivity index (χ3n) is 3.29. The molecule has 0 unspecified atom stereocenters. The molecule has 7 heteroatoms. The topological polar surface area (TPSA) is 80.7 Å². The van der Waals surface area contributed by atoms with Crippen LogP contribution in [0.3, 0.4) is 0 Å². The Morgan fingerprint density at radius 2 is 1.64 bits per heavy atom. The zero-order valence-corrected chi connectivity index (χ0v) is 13.1. The second-order valence-electron chi connectivity index (χ2n) is 4.49. The molecule has 116 valence electrons. The average molecular weight is 341 g/mol. The fourth-order valence-corrected chi connectivity index (χ4v) is 3.86. The number of hydrogen-bond acceptors (Lipinski definition) is 4. The van der Waals surface area contributed by atoms with Gasteiger partial charge in [0.25, 0.3) is 10.1 Å². The fraction of sp³-hybridized carbons (Fsp3) is 0.133. The number of methoxy groups -OCH3 is 1. The van der Waals surface area contributed by atoms with Crippen LogP contribution in [-0.4, -0.2) is 26.0 Å². The first-order chi connectivity index (χ1) is 10.4. The highest BCUT2D eigenvalue weighted by Crippen LogP contribution is 2.41. The quantitative estimate of drug-likeness (QED) is 0.683. The predicted octanol–water partition coefficient (Wildman–Crippen LogP) is 2.64. The number of carbonyl (C=O) groups excluding carboxylic acids is 1. The zero-order chi connectivity index (χ0) is 16.4. The van der Waals surface area contributed by atoms with E-state index in [1.165, 1.54) is 30.3 Å². The molecule has 0 amide bonds. The van der Waals surface area contributed by atoms with E-state index in [2.05, 4.69) is 4.74 Å². The molecular formula is C15H13ClO5S. The van der Waals surface area contributed by atoms with Gasteiger partial charge in [-0.05, 0) is 11.6 Å². The van der Waals surface area contributed by atoms with Gasteiger partial charge in [-0.3, -0.25) is 4.55 Å². The Balaban J connectivity index is 2.97. The third kappa shape index (κ3) is 2.49. The van der Waals surface area contributed by atoms with Crippen LogP contribution < -0.4 is 0 Å². The Bertz CT molecular complexity index is 789. The molecule has 0 bridgehead atoms. The Hall–Kier alpha value is -1.89. The van der Waals surface area contributed by atoms with Crippen LogP contribution >= 0.6 is 11.6 Å². The van der Waals surface area contributed by atoms with Gasteiger partial charge in [-0.2, -0.15) is 8.42 Å². The van der Waals surface area contributed by atoms with Crippen molar-refractivity contribution in [3.63, 3.8) is 0 Å². The Kier molecular flexibility index (Phi) is 4.55. The molecule has 2 rings (SSSR count). The van der Waals surface area contributed by atoms with Crippen LogP contribution in [0.25, 0.3) is 0 Å². The maximum Gasteiger partial charge on any atom is 0.339 e. The Labute approximate surface area is 133 Å². The minimum absolute atomic E-state index is 0.0226. The van der Waals surface area contributed by atoms with Crippen molar-refractivity contribution in [1.29, 1.82) is 0 Å². The first-order valence-electron chi connectivity index (χ1n) is 6.21. The molecule has 1 N–H and O–H groups in total. The van der Waals surface area contributed by atoms with Crippen molar-refractivity contribution in [3.05, 3.63) is 70.7 Å². The van der Waals surface area contributed by atoms with Crippen LogP contribution in [0.1, 0.15) is 11.1 Å². The normalized spacial score (nSPS) is 14.1. The summed E-state index contributed by atoms with van der Waals surface area (Å²) in [6.45, 7) is 0. The Morgan fingerprint density at radius 1 is 1.09 bits per heavy atom. The second kappa shape index (κ2) is 6.08. The van der Waals surface area contributed by atoms with Crippen molar-refractivity contribution < 1.29 is 22.5 Å². The summed E-state index contributed by atoms with van der Waals surface area (Å²) in [5.41, 5.74) is -0.0327. The van der Waals surface area contributed by atoms with Crippen molar-refractivity contribution in [2.24, 2.45) is 0 Å². The first-order valence-corrected chi connectivity index (χ1v) is 8.03. The van der Waals surface area contributed by atoms with Crippen LogP contribution in [-0.2, 0) is 24.4 Å². The van der Waals surface area contributed by atoms with E-state index in [1.807, 2.05) is 0 Å². The molecule has 0 fully saturated rings. The minimum atomic E-state index is -4.93. The molecule has 0 aliphatic heterocycles. The lowest BCUT2D eigenvalue weighted by molar-refractivity contribution is -0.143. The highest BCUT2D eigenvalue weighted by atomic mass is 35.5. The van der Waals surface area contributed by atoms with Crippen LogP contribution in [0.5, 0.6) is 0 Å². The molecule has 0 spiro atoms. The maximum atomic E-state index is 12.4. The van der Waals surface area contributed by atoms with Gasteiger partial charge < -0.3 is 4.74 Å². The highest BCUT2D eigenvalue weighted by molar-refractivity contribution is 7.87. The summed E-state index contributed by atoms with van der Waals surface area (Å²) >= 11 is 6.08. The third-order valence-corrected chi connectivity index (χ3v) is 5.02. The molecule has 0 saturated carbocycles. The first kappa shape index (κ1) is 16.5. The largest absolute Gasteiger partial charge is 0.467 e. The monoisotopic (exact) mass is 340 g/mol. The highest BCUT2D eigenvalue weighted by Gasteiger charge is 2.55. The Morgan fingerprint density at radius 3 is 2.14 bits per heavy atom. The summed E-state index contributed by atoms with van der Waals surface area (Å²) in [4.78, 5) is 12.4. The van der Waals surface area contributed by atoms with E-state index in [1.54, 1.807) is 24.3 Å². The lowest BCUT2D eigenvalue weighted by atomic mass is 9.90. The van der Waals surface area contributed by atoms with Crippen molar-refractivity contribution in [1.82, 2.24) is 0 Å². The van der Waals surface area contributed by atoms with Gasteiger partial charge >= 0.3 is 5.97 Å². The predicted molar refractivity (Wildman–Crippen MR) is 82.2 cm³/mol. The number of benzene rings is 2. The smallest absolute Gasteiger partial charge is 0.339 e. The number of rotatable bonds is 4. The maximum absolute atomic E-state index is 12.4. The van der Waals surface area contributed by atoms with Gasteiger partial charge in [-0.25, -0.2) is 4.79 Å².